The molecule has 0 spiro atoms. The van der Waals surface area contributed by atoms with Crippen LogP contribution in [-0.4, -0.2) is 6.61 Å². The highest BCUT2D eigenvalue weighted by atomic mass is 32.1. The highest BCUT2D eigenvalue weighted by Gasteiger charge is 2.02. The summed E-state index contributed by atoms with van der Waals surface area (Å²) in [6.07, 6.45) is 1.75. The van der Waals surface area contributed by atoms with Crippen molar-refractivity contribution in [3.8, 4) is 5.75 Å². The number of para-hydroxylation sites is 1. The predicted molar refractivity (Wildman–Crippen MR) is 73.8 cm³/mol. The van der Waals surface area contributed by atoms with Crippen LogP contribution in [0.1, 0.15) is 5.56 Å². The van der Waals surface area contributed by atoms with Gasteiger partial charge < -0.3 is 10.1 Å². The maximum Gasteiger partial charge on any atom is 0.124 e. The second-order valence-electron chi connectivity index (χ2n) is 3.57. The molecule has 0 radical (unpaired) electrons. The van der Waals surface area contributed by atoms with Crippen molar-refractivity contribution >= 4 is 17.0 Å². The molecule has 88 valence electrons. The Hall–Kier alpha value is -1.74. The van der Waals surface area contributed by atoms with Crippen LogP contribution in [0.25, 0.3) is 0 Å². The molecule has 1 aromatic carbocycles. The van der Waals surface area contributed by atoms with Gasteiger partial charge in [-0.3, -0.25) is 0 Å². The van der Waals surface area contributed by atoms with Crippen LogP contribution in [0.3, 0.4) is 0 Å². The minimum Gasteiger partial charge on any atom is -0.489 e. The number of nitrogens with one attached hydrogen (secondary N) is 1. The van der Waals surface area contributed by atoms with Crippen molar-refractivity contribution in [2.45, 2.75) is 6.54 Å². The minimum absolute atomic E-state index is 0.537. The van der Waals surface area contributed by atoms with Crippen LogP contribution in [0, 0.1) is 0 Å². The second-order valence-corrected chi connectivity index (χ2v) is 4.35. The molecule has 1 aromatic heterocycles. The van der Waals surface area contributed by atoms with Crippen molar-refractivity contribution in [1.29, 1.82) is 0 Å². The fraction of sp³-hybridized carbons (Fsp3) is 0.143. The number of anilines is 1. The Balaban J connectivity index is 2.01. The van der Waals surface area contributed by atoms with Gasteiger partial charge in [-0.1, -0.05) is 30.9 Å². The van der Waals surface area contributed by atoms with E-state index in [2.05, 4.69) is 34.8 Å². The van der Waals surface area contributed by atoms with Crippen molar-refractivity contribution in [1.82, 2.24) is 0 Å². The van der Waals surface area contributed by atoms with Crippen LogP contribution in [0.4, 0.5) is 5.69 Å². The van der Waals surface area contributed by atoms with Crippen LogP contribution >= 0.6 is 11.3 Å². The number of benzene rings is 1. The molecule has 0 bridgehead atoms. The third-order valence-corrected chi connectivity index (χ3v) is 3.02. The molecule has 0 fully saturated rings. The topological polar surface area (TPSA) is 21.3 Å². The Morgan fingerprint density at radius 2 is 2.18 bits per heavy atom. The number of rotatable bonds is 6. The van der Waals surface area contributed by atoms with Gasteiger partial charge in [-0.15, -0.1) is 0 Å². The number of thiophene rings is 1. The summed E-state index contributed by atoms with van der Waals surface area (Å²) in [4.78, 5) is 0. The van der Waals surface area contributed by atoms with E-state index in [4.69, 9.17) is 4.74 Å². The third-order valence-electron chi connectivity index (χ3n) is 2.33. The van der Waals surface area contributed by atoms with Gasteiger partial charge in [0.25, 0.3) is 0 Å². The monoisotopic (exact) mass is 245 g/mol. The molecule has 2 aromatic rings. The normalized spacial score (nSPS) is 9.88. The quantitative estimate of drug-likeness (QED) is 0.779. The van der Waals surface area contributed by atoms with Crippen LogP contribution in [0.2, 0.25) is 0 Å². The van der Waals surface area contributed by atoms with Crippen molar-refractivity contribution < 1.29 is 4.74 Å². The molecule has 2 rings (SSSR count). The first kappa shape index (κ1) is 11.7. The Labute approximate surface area is 106 Å². The number of hydrogen-bond acceptors (Lipinski definition) is 3. The molecule has 17 heavy (non-hydrogen) atoms. The average Bonchev–Trinajstić information content (AvgIpc) is 2.88. The smallest absolute Gasteiger partial charge is 0.124 e. The van der Waals surface area contributed by atoms with E-state index < -0.39 is 0 Å². The van der Waals surface area contributed by atoms with Gasteiger partial charge in [-0.05, 0) is 17.5 Å². The highest BCUT2D eigenvalue weighted by Crippen LogP contribution is 2.20. The SMILES string of the molecule is C=CCOc1ccccc1CNc1ccsc1. The summed E-state index contributed by atoms with van der Waals surface area (Å²) in [5.41, 5.74) is 2.30. The Morgan fingerprint density at radius 1 is 1.29 bits per heavy atom. The van der Waals surface area contributed by atoms with Gasteiger partial charge in [-0.25, -0.2) is 0 Å². The molecule has 0 aliphatic carbocycles. The molecule has 0 saturated heterocycles. The van der Waals surface area contributed by atoms with E-state index in [9.17, 15) is 0 Å². The van der Waals surface area contributed by atoms with E-state index in [1.807, 2.05) is 18.2 Å². The average molecular weight is 245 g/mol. The zero-order valence-electron chi connectivity index (χ0n) is 9.56. The lowest BCUT2D eigenvalue weighted by Crippen LogP contribution is -2.02. The zero-order valence-corrected chi connectivity index (χ0v) is 10.4. The standard InChI is InChI=1S/C14H15NOS/c1-2-8-16-14-6-4-3-5-12(14)10-15-13-7-9-17-11-13/h2-7,9,11,15H,1,8,10H2. The summed E-state index contributed by atoms with van der Waals surface area (Å²) in [5, 5.41) is 7.51. The molecular weight excluding hydrogens is 230 g/mol. The lowest BCUT2D eigenvalue weighted by atomic mass is 10.2. The minimum atomic E-state index is 0.537. The van der Waals surface area contributed by atoms with Crippen LogP contribution in [0.5, 0.6) is 5.75 Å². The summed E-state index contributed by atoms with van der Waals surface area (Å²) in [6, 6.07) is 10.1. The molecule has 0 unspecified atom stereocenters. The molecule has 2 nitrogen and oxygen atoms in total. The van der Waals surface area contributed by atoms with E-state index in [0.717, 1.165) is 23.5 Å². The zero-order chi connectivity index (χ0) is 11.9. The number of hydrogen-bond donors (Lipinski definition) is 1. The molecule has 3 heteroatoms. The summed E-state index contributed by atoms with van der Waals surface area (Å²) in [7, 11) is 0. The molecule has 0 aliphatic heterocycles. The molecule has 0 amide bonds. The maximum atomic E-state index is 5.60. The van der Waals surface area contributed by atoms with Crippen molar-refractivity contribution in [3.63, 3.8) is 0 Å². The van der Waals surface area contributed by atoms with Crippen molar-refractivity contribution in [2.24, 2.45) is 0 Å². The van der Waals surface area contributed by atoms with Crippen LogP contribution in [0.15, 0.2) is 53.7 Å². The summed E-state index contributed by atoms with van der Waals surface area (Å²) < 4.78 is 5.60. The van der Waals surface area contributed by atoms with E-state index >= 15 is 0 Å². The molecule has 1 N–H and O–H groups in total. The molecule has 0 saturated carbocycles. The lowest BCUT2D eigenvalue weighted by molar-refractivity contribution is 0.359. The summed E-state index contributed by atoms with van der Waals surface area (Å²) in [5.74, 6) is 0.912. The molecule has 0 aliphatic rings. The van der Waals surface area contributed by atoms with E-state index in [0.29, 0.717) is 6.61 Å². The Morgan fingerprint density at radius 3 is 2.94 bits per heavy atom. The van der Waals surface area contributed by atoms with E-state index in [-0.39, 0.29) is 0 Å². The van der Waals surface area contributed by atoms with Gasteiger partial charge in [0.15, 0.2) is 0 Å². The Bertz CT molecular complexity index is 465. The predicted octanol–water partition coefficient (Wildman–Crippen LogP) is 3.93. The third kappa shape index (κ3) is 3.36. The van der Waals surface area contributed by atoms with Gasteiger partial charge in [0.2, 0.25) is 0 Å². The fourth-order valence-corrected chi connectivity index (χ4v) is 2.11. The maximum absolute atomic E-state index is 5.60. The van der Waals surface area contributed by atoms with Gasteiger partial charge in [0.05, 0.1) is 0 Å². The molecule has 0 atom stereocenters. The van der Waals surface area contributed by atoms with Crippen LogP contribution in [-0.2, 0) is 6.54 Å². The summed E-state index contributed by atoms with van der Waals surface area (Å²) in [6.45, 7) is 4.96. The van der Waals surface area contributed by atoms with Gasteiger partial charge in [0, 0.05) is 23.2 Å². The largest absolute Gasteiger partial charge is 0.489 e. The van der Waals surface area contributed by atoms with Crippen molar-refractivity contribution in [2.75, 3.05) is 11.9 Å². The molecular formula is C14H15NOS. The first-order chi connectivity index (χ1) is 8.40. The molecule has 1 heterocycles. The highest BCUT2D eigenvalue weighted by molar-refractivity contribution is 7.08. The van der Waals surface area contributed by atoms with Crippen LogP contribution < -0.4 is 10.1 Å². The lowest BCUT2D eigenvalue weighted by Gasteiger charge is -2.10. The van der Waals surface area contributed by atoms with Gasteiger partial charge >= 0.3 is 0 Å². The van der Waals surface area contributed by atoms with E-state index in [1.54, 1.807) is 17.4 Å². The number of ether oxygens (including phenoxy) is 1. The first-order valence-electron chi connectivity index (χ1n) is 5.48. The van der Waals surface area contributed by atoms with E-state index in [1.165, 1.54) is 0 Å². The van der Waals surface area contributed by atoms with Crippen molar-refractivity contribution in [3.05, 3.63) is 59.3 Å². The van der Waals surface area contributed by atoms with Gasteiger partial charge in [0.1, 0.15) is 12.4 Å². The second kappa shape index (κ2) is 6.11. The van der Waals surface area contributed by atoms with Gasteiger partial charge in [-0.2, -0.15) is 11.3 Å². The summed E-state index contributed by atoms with van der Waals surface area (Å²) >= 11 is 1.69. The first-order valence-corrected chi connectivity index (χ1v) is 6.42. The Kier molecular flexibility index (Phi) is 4.22. The fourth-order valence-electron chi connectivity index (χ4n) is 1.50.